The van der Waals surface area contributed by atoms with Crippen LogP contribution in [0.2, 0.25) is 0 Å². The Kier molecular flexibility index (Phi) is 8.61. The third-order valence-corrected chi connectivity index (χ3v) is 3.89. The van der Waals surface area contributed by atoms with Gasteiger partial charge in [0.2, 0.25) is 5.91 Å². The van der Waals surface area contributed by atoms with Crippen molar-refractivity contribution in [2.45, 2.75) is 19.8 Å². The number of amides is 1. The number of nitrogens with zero attached hydrogens (tertiary/aromatic N) is 2. The highest BCUT2D eigenvalue weighted by Crippen LogP contribution is 2.15. The number of piperidine rings is 1. The predicted molar refractivity (Wildman–Crippen MR) is 110 cm³/mol. The molecular weight excluding hydrogens is 415 g/mol. The molecular formula is C18H25IN4O. The van der Waals surface area contributed by atoms with Crippen molar-refractivity contribution in [1.29, 1.82) is 0 Å². The molecule has 1 fully saturated rings. The van der Waals surface area contributed by atoms with Crippen molar-refractivity contribution < 1.29 is 4.79 Å². The minimum Gasteiger partial charge on any atom is -0.347 e. The van der Waals surface area contributed by atoms with Crippen molar-refractivity contribution in [3.05, 3.63) is 29.8 Å². The molecule has 130 valence electrons. The zero-order chi connectivity index (χ0) is 16.7. The van der Waals surface area contributed by atoms with Gasteiger partial charge in [0.25, 0.3) is 0 Å². The molecule has 1 atom stereocenters. The second kappa shape index (κ2) is 10.2. The van der Waals surface area contributed by atoms with Crippen LogP contribution in [0, 0.1) is 18.3 Å². The number of halogens is 1. The first-order valence-electron chi connectivity index (χ1n) is 7.94. The number of nitrogens with one attached hydrogen (secondary N) is 2. The van der Waals surface area contributed by atoms with Gasteiger partial charge in [-0.3, -0.25) is 9.79 Å². The number of terminal acetylenes is 1. The molecule has 2 N–H and O–H groups in total. The van der Waals surface area contributed by atoms with Gasteiger partial charge in [0.1, 0.15) is 0 Å². The van der Waals surface area contributed by atoms with E-state index in [9.17, 15) is 4.79 Å². The summed E-state index contributed by atoms with van der Waals surface area (Å²) in [5.41, 5.74) is 1.45. The molecule has 2 rings (SSSR count). The fourth-order valence-corrected chi connectivity index (χ4v) is 2.77. The molecule has 0 bridgehead atoms. The minimum atomic E-state index is -0.120. The van der Waals surface area contributed by atoms with E-state index in [1.54, 1.807) is 13.1 Å². The highest BCUT2D eigenvalue weighted by atomic mass is 127. The maximum Gasteiger partial charge on any atom is 0.243 e. The third-order valence-electron chi connectivity index (χ3n) is 3.89. The van der Waals surface area contributed by atoms with Crippen LogP contribution in [-0.4, -0.2) is 43.4 Å². The molecule has 6 heteroatoms. The quantitative estimate of drug-likeness (QED) is 0.329. The first kappa shape index (κ1) is 20.3. The fourth-order valence-electron chi connectivity index (χ4n) is 2.77. The average molecular weight is 440 g/mol. The zero-order valence-electron chi connectivity index (χ0n) is 14.2. The van der Waals surface area contributed by atoms with E-state index in [2.05, 4.69) is 33.4 Å². The number of likely N-dealkylation sites (tertiary alicyclic amines) is 1. The van der Waals surface area contributed by atoms with Crippen LogP contribution < -0.4 is 10.6 Å². The summed E-state index contributed by atoms with van der Waals surface area (Å²) >= 11 is 0. The van der Waals surface area contributed by atoms with Gasteiger partial charge >= 0.3 is 0 Å². The molecule has 0 saturated carbocycles. The van der Waals surface area contributed by atoms with Crippen LogP contribution in [0.3, 0.4) is 0 Å². The van der Waals surface area contributed by atoms with Crippen LogP contribution in [0.15, 0.2) is 29.3 Å². The Morgan fingerprint density at radius 2 is 2.29 bits per heavy atom. The second-order valence-electron chi connectivity index (χ2n) is 5.87. The van der Waals surface area contributed by atoms with Crippen LogP contribution in [-0.2, 0) is 4.79 Å². The highest BCUT2D eigenvalue weighted by molar-refractivity contribution is 14.0. The summed E-state index contributed by atoms with van der Waals surface area (Å²) in [5.74, 6) is 3.87. The molecule has 1 saturated heterocycles. The Morgan fingerprint density at radius 3 is 2.96 bits per heavy atom. The summed E-state index contributed by atoms with van der Waals surface area (Å²) < 4.78 is 0. The van der Waals surface area contributed by atoms with E-state index >= 15 is 0 Å². The maximum atomic E-state index is 12.1. The van der Waals surface area contributed by atoms with Gasteiger partial charge in [0.05, 0.1) is 6.54 Å². The Hall–Kier alpha value is -1.75. The van der Waals surface area contributed by atoms with Crippen molar-refractivity contribution >= 4 is 41.5 Å². The Labute approximate surface area is 161 Å². The largest absolute Gasteiger partial charge is 0.347 e. The number of aliphatic imine (C=N–C) groups is 1. The number of rotatable bonds is 3. The highest BCUT2D eigenvalue weighted by Gasteiger charge is 2.19. The summed E-state index contributed by atoms with van der Waals surface area (Å²) in [4.78, 5) is 18.6. The number of carbonyl (C=O) groups excluding carboxylic acids is 1. The second-order valence-corrected chi connectivity index (χ2v) is 5.87. The molecule has 1 aliphatic heterocycles. The fraction of sp³-hybridized carbons (Fsp3) is 0.444. The summed E-state index contributed by atoms with van der Waals surface area (Å²) in [6.07, 6.45) is 7.77. The summed E-state index contributed by atoms with van der Waals surface area (Å²) in [6.45, 7) is 4.38. The van der Waals surface area contributed by atoms with E-state index in [0.29, 0.717) is 11.6 Å². The molecule has 1 unspecified atom stereocenters. The van der Waals surface area contributed by atoms with Crippen molar-refractivity contribution in [3.8, 4) is 12.3 Å². The Morgan fingerprint density at radius 1 is 1.50 bits per heavy atom. The molecule has 0 radical (unpaired) electrons. The van der Waals surface area contributed by atoms with Crippen molar-refractivity contribution in [2.75, 3.05) is 32.0 Å². The van der Waals surface area contributed by atoms with E-state index in [1.807, 2.05) is 18.2 Å². The third kappa shape index (κ3) is 6.04. The van der Waals surface area contributed by atoms with E-state index in [0.717, 1.165) is 31.0 Å². The molecule has 1 amide bonds. The molecule has 0 aliphatic carbocycles. The lowest BCUT2D eigenvalue weighted by Crippen LogP contribution is -2.48. The topological polar surface area (TPSA) is 56.7 Å². The van der Waals surface area contributed by atoms with Gasteiger partial charge in [0.15, 0.2) is 5.96 Å². The van der Waals surface area contributed by atoms with Gasteiger partial charge in [-0.05, 0) is 37.0 Å². The lowest BCUT2D eigenvalue weighted by Gasteiger charge is -2.33. The van der Waals surface area contributed by atoms with Crippen molar-refractivity contribution in [1.82, 2.24) is 10.2 Å². The number of benzene rings is 1. The van der Waals surface area contributed by atoms with E-state index in [1.165, 1.54) is 6.42 Å². The molecule has 24 heavy (non-hydrogen) atoms. The molecule has 1 heterocycles. The number of hydrogen-bond donors (Lipinski definition) is 2. The SMILES string of the molecule is C#Cc1cccc(NC(=O)CNC(=NC)N2CCCC(C)C2)c1.I. The molecule has 0 spiro atoms. The first-order valence-corrected chi connectivity index (χ1v) is 7.94. The van der Waals surface area contributed by atoms with Crippen molar-refractivity contribution in [3.63, 3.8) is 0 Å². The first-order chi connectivity index (χ1) is 11.1. The Balaban J connectivity index is 0.00000288. The van der Waals surface area contributed by atoms with E-state index < -0.39 is 0 Å². The summed E-state index contributed by atoms with van der Waals surface area (Å²) in [5, 5.41) is 5.97. The lowest BCUT2D eigenvalue weighted by atomic mass is 10.0. The smallest absolute Gasteiger partial charge is 0.243 e. The molecule has 0 aromatic heterocycles. The number of hydrogen-bond acceptors (Lipinski definition) is 2. The minimum absolute atomic E-state index is 0. The van der Waals surface area contributed by atoms with Gasteiger partial charge in [0, 0.05) is 31.4 Å². The molecule has 1 aliphatic rings. The molecule has 1 aromatic carbocycles. The van der Waals surface area contributed by atoms with Crippen LogP contribution in [0.4, 0.5) is 5.69 Å². The molecule has 5 nitrogen and oxygen atoms in total. The van der Waals surface area contributed by atoms with Crippen LogP contribution in [0.25, 0.3) is 0 Å². The van der Waals surface area contributed by atoms with E-state index in [-0.39, 0.29) is 36.4 Å². The molecule has 1 aromatic rings. The van der Waals surface area contributed by atoms with Gasteiger partial charge in [-0.25, -0.2) is 0 Å². The lowest BCUT2D eigenvalue weighted by molar-refractivity contribution is -0.115. The van der Waals surface area contributed by atoms with Crippen molar-refractivity contribution in [2.24, 2.45) is 10.9 Å². The van der Waals surface area contributed by atoms with Crippen LogP contribution in [0.1, 0.15) is 25.3 Å². The zero-order valence-corrected chi connectivity index (χ0v) is 16.5. The van der Waals surface area contributed by atoms with Crippen LogP contribution in [0.5, 0.6) is 0 Å². The normalized spacial score (nSPS) is 17.5. The standard InChI is InChI=1S/C18H24N4O.HI/c1-4-15-8-5-9-16(11-15)21-17(23)12-20-18(19-3)22-10-6-7-14(2)13-22;/h1,5,8-9,11,14H,6-7,10,12-13H2,2-3H3,(H,19,20)(H,21,23);1H. The monoisotopic (exact) mass is 440 g/mol. The Bertz CT molecular complexity index is 624. The van der Waals surface area contributed by atoms with E-state index in [4.69, 9.17) is 6.42 Å². The van der Waals surface area contributed by atoms with Gasteiger partial charge < -0.3 is 15.5 Å². The number of anilines is 1. The van der Waals surface area contributed by atoms with Gasteiger partial charge in [-0.15, -0.1) is 30.4 Å². The number of carbonyl (C=O) groups is 1. The summed E-state index contributed by atoms with van der Waals surface area (Å²) in [7, 11) is 1.75. The average Bonchev–Trinajstić information content (AvgIpc) is 2.55. The maximum absolute atomic E-state index is 12.1. The summed E-state index contributed by atoms with van der Waals surface area (Å²) in [6, 6.07) is 7.25. The van der Waals surface area contributed by atoms with Gasteiger partial charge in [-0.1, -0.05) is 18.9 Å². The van der Waals surface area contributed by atoms with Crippen LogP contribution >= 0.6 is 24.0 Å². The predicted octanol–water partition coefficient (Wildman–Crippen LogP) is 2.53. The van der Waals surface area contributed by atoms with Gasteiger partial charge in [-0.2, -0.15) is 0 Å². The number of guanidine groups is 1.